The minimum absolute atomic E-state index is 0.0214. The van der Waals surface area contributed by atoms with Crippen LogP contribution in [0.2, 0.25) is 0 Å². The number of nitro benzene ring substituents is 1. The molecule has 7 rings (SSSR count). The molecule has 1 N–H and O–H groups in total. The van der Waals surface area contributed by atoms with Crippen molar-refractivity contribution >= 4 is 23.0 Å². The number of amides is 1. The Morgan fingerprint density at radius 3 is 2.21 bits per heavy atom. The van der Waals surface area contributed by atoms with Crippen LogP contribution in [-0.4, -0.2) is 54.6 Å². The summed E-state index contributed by atoms with van der Waals surface area (Å²) in [5.41, 5.74) is 2.64. The average Bonchev–Trinajstić information content (AvgIpc) is 2.92. The minimum atomic E-state index is -0.272. The molecule has 8 heteroatoms. The number of nitrogens with one attached hydrogen (secondary N) is 1. The Labute approximate surface area is 230 Å². The molecule has 0 radical (unpaired) electrons. The van der Waals surface area contributed by atoms with Crippen LogP contribution in [0.1, 0.15) is 62.7 Å². The molecule has 0 aromatic heterocycles. The van der Waals surface area contributed by atoms with E-state index in [0.717, 1.165) is 29.2 Å². The summed E-state index contributed by atoms with van der Waals surface area (Å²) in [5, 5.41) is 15.6. The molecule has 5 fully saturated rings. The molecule has 1 atom stereocenters. The second kappa shape index (κ2) is 10.4. The van der Waals surface area contributed by atoms with Crippen LogP contribution in [0.15, 0.2) is 42.5 Å². The Hall–Kier alpha value is -3.29. The molecule has 0 spiro atoms. The van der Waals surface area contributed by atoms with Crippen molar-refractivity contribution in [3.8, 4) is 5.75 Å². The number of nitrogens with zero attached hydrogens (tertiary/aromatic N) is 3. The fourth-order valence-corrected chi connectivity index (χ4v) is 8.30. The normalized spacial score (nSPS) is 28.3. The lowest BCUT2D eigenvalue weighted by atomic mass is 9.48. The number of hydrogen-bond acceptors (Lipinski definition) is 6. The zero-order valence-electron chi connectivity index (χ0n) is 23.1. The van der Waals surface area contributed by atoms with Crippen LogP contribution in [0.25, 0.3) is 0 Å². The van der Waals surface area contributed by atoms with Crippen molar-refractivity contribution in [3.05, 3.63) is 58.1 Å². The number of anilines is 2. The third-order valence-corrected chi connectivity index (χ3v) is 9.90. The summed E-state index contributed by atoms with van der Waals surface area (Å²) in [7, 11) is 0. The van der Waals surface area contributed by atoms with E-state index in [1.165, 1.54) is 38.5 Å². The zero-order valence-corrected chi connectivity index (χ0v) is 23.1. The Kier molecular flexibility index (Phi) is 6.89. The quantitative estimate of drug-likeness (QED) is 0.333. The van der Waals surface area contributed by atoms with Gasteiger partial charge in [-0.05, 0) is 112 Å². The molecular formula is C31H40N4O4. The highest BCUT2D eigenvalue weighted by molar-refractivity contribution is 5.94. The lowest BCUT2D eigenvalue weighted by molar-refractivity contribution is -0.384. The molecule has 1 amide bonds. The highest BCUT2D eigenvalue weighted by Crippen LogP contribution is 2.61. The molecule has 2 aromatic rings. The van der Waals surface area contributed by atoms with Gasteiger partial charge in [0.05, 0.1) is 11.5 Å². The first-order chi connectivity index (χ1) is 18.8. The number of hydrogen-bond donors (Lipinski definition) is 1. The SMILES string of the molecule is CCOc1ccc(C(=O)N2CCN(c3ccc([N+](=O)[O-])c(NC(C)C45CC6CC(CC(C6)C4)C5)c3)CC2)cc1. The Morgan fingerprint density at radius 2 is 1.64 bits per heavy atom. The van der Waals surface area contributed by atoms with E-state index >= 15 is 0 Å². The molecule has 2 aromatic carbocycles. The molecular weight excluding hydrogens is 492 g/mol. The summed E-state index contributed by atoms with van der Waals surface area (Å²) in [6.07, 6.45) is 7.92. The number of nitro groups is 1. The summed E-state index contributed by atoms with van der Waals surface area (Å²) < 4.78 is 5.49. The molecule has 8 nitrogen and oxygen atoms in total. The summed E-state index contributed by atoms with van der Waals surface area (Å²) in [4.78, 5) is 28.8. The molecule has 1 aliphatic heterocycles. The van der Waals surface area contributed by atoms with Crippen LogP contribution in [0.3, 0.4) is 0 Å². The van der Waals surface area contributed by atoms with Gasteiger partial charge in [0, 0.05) is 49.5 Å². The smallest absolute Gasteiger partial charge is 0.292 e. The maximum atomic E-state index is 13.1. The molecule has 1 heterocycles. The fourth-order valence-electron chi connectivity index (χ4n) is 8.30. The largest absolute Gasteiger partial charge is 0.494 e. The summed E-state index contributed by atoms with van der Waals surface area (Å²) >= 11 is 0. The van der Waals surface area contributed by atoms with Gasteiger partial charge in [-0.15, -0.1) is 0 Å². The standard InChI is InChI=1S/C31H40N4O4/c1-3-39-27-7-4-25(5-8-27)30(36)34-12-10-33(11-13-34)26-6-9-29(35(37)38)28(17-26)32-21(2)31-18-22-14-23(19-31)16-24(15-22)20-31/h4-9,17,21-24,32H,3,10-16,18-20H2,1-2H3. The van der Waals surface area contributed by atoms with Gasteiger partial charge in [-0.1, -0.05) is 0 Å². The first kappa shape index (κ1) is 26.0. The van der Waals surface area contributed by atoms with Crippen LogP contribution in [0.4, 0.5) is 17.1 Å². The molecule has 39 heavy (non-hydrogen) atoms. The highest BCUT2D eigenvalue weighted by Gasteiger charge is 2.53. The van der Waals surface area contributed by atoms with E-state index in [2.05, 4.69) is 17.1 Å². The van der Waals surface area contributed by atoms with Gasteiger partial charge in [-0.3, -0.25) is 14.9 Å². The molecule has 4 aliphatic carbocycles. The van der Waals surface area contributed by atoms with Gasteiger partial charge in [0.2, 0.25) is 0 Å². The second-order valence-corrected chi connectivity index (χ2v) is 12.3. The molecule has 1 saturated heterocycles. The van der Waals surface area contributed by atoms with Crippen LogP contribution in [0.5, 0.6) is 5.75 Å². The van der Waals surface area contributed by atoms with E-state index in [9.17, 15) is 14.9 Å². The summed E-state index contributed by atoms with van der Waals surface area (Å²) in [6, 6.07) is 13.0. The number of piperazine rings is 1. The molecule has 5 aliphatic rings. The van der Waals surface area contributed by atoms with E-state index in [1.807, 2.05) is 48.2 Å². The zero-order chi connectivity index (χ0) is 27.1. The predicted molar refractivity (Wildman–Crippen MR) is 153 cm³/mol. The van der Waals surface area contributed by atoms with Crippen molar-refractivity contribution in [2.24, 2.45) is 23.2 Å². The van der Waals surface area contributed by atoms with Gasteiger partial charge in [0.1, 0.15) is 11.4 Å². The minimum Gasteiger partial charge on any atom is -0.494 e. The van der Waals surface area contributed by atoms with Gasteiger partial charge < -0.3 is 19.9 Å². The Balaban J connectivity index is 1.13. The van der Waals surface area contributed by atoms with E-state index < -0.39 is 0 Å². The maximum Gasteiger partial charge on any atom is 0.292 e. The van der Waals surface area contributed by atoms with E-state index in [0.29, 0.717) is 44.0 Å². The van der Waals surface area contributed by atoms with Gasteiger partial charge in [-0.25, -0.2) is 0 Å². The molecule has 4 saturated carbocycles. The van der Waals surface area contributed by atoms with Crippen LogP contribution in [0, 0.1) is 33.3 Å². The predicted octanol–water partition coefficient (Wildman–Crippen LogP) is 5.97. The van der Waals surface area contributed by atoms with Gasteiger partial charge in [0.15, 0.2) is 0 Å². The number of ether oxygens (including phenoxy) is 1. The number of carbonyl (C=O) groups excluding carboxylic acids is 1. The number of carbonyl (C=O) groups is 1. The van der Waals surface area contributed by atoms with Crippen molar-refractivity contribution in [2.75, 3.05) is 43.0 Å². The first-order valence-corrected chi connectivity index (χ1v) is 14.7. The molecule has 208 valence electrons. The van der Waals surface area contributed by atoms with Crippen LogP contribution in [-0.2, 0) is 0 Å². The topological polar surface area (TPSA) is 88.0 Å². The third kappa shape index (κ3) is 5.06. The van der Waals surface area contributed by atoms with Crippen molar-refractivity contribution < 1.29 is 14.5 Å². The fraction of sp³-hybridized carbons (Fsp3) is 0.581. The maximum absolute atomic E-state index is 13.1. The van der Waals surface area contributed by atoms with Crippen molar-refractivity contribution in [3.63, 3.8) is 0 Å². The third-order valence-electron chi connectivity index (χ3n) is 9.90. The lowest BCUT2D eigenvalue weighted by Crippen LogP contribution is -2.53. The Bertz CT molecular complexity index is 1190. The average molecular weight is 533 g/mol. The molecule has 1 unspecified atom stereocenters. The van der Waals surface area contributed by atoms with Gasteiger partial charge in [-0.2, -0.15) is 0 Å². The monoisotopic (exact) mass is 532 g/mol. The Morgan fingerprint density at radius 1 is 1.03 bits per heavy atom. The van der Waals surface area contributed by atoms with Gasteiger partial charge >= 0.3 is 0 Å². The number of rotatable bonds is 8. The van der Waals surface area contributed by atoms with Crippen LogP contribution < -0.4 is 15.0 Å². The second-order valence-electron chi connectivity index (χ2n) is 12.3. The van der Waals surface area contributed by atoms with Crippen LogP contribution >= 0.6 is 0 Å². The lowest BCUT2D eigenvalue weighted by Gasteiger charge is -2.59. The molecule has 4 bridgehead atoms. The van der Waals surface area contributed by atoms with E-state index in [-0.39, 0.29) is 28.0 Å². The number of benzene rings is 2. The van der Waals surface area contributed by atoms with E-state index in [1.54, 1.807) is 6.07 Å². The van der Waals surface area contributed by atoms with Crippen molar-refractivity contribution in [1.82, 2.24) is 4.90 Å². The highest BCUT2D eigenvalue weighted by atomic mass is 16.6. The van der Waals surface area contributed by atoms with Gasteiger partial charge in [0.25, 0.3) is 11.6 Å². The first-order valence-electron chi connectivity index (χ1n) is 14.7. The van der Waals surface area contributed by atoms with E-state index in [4.69, 9.17) is 4.74 Å². The summed E-state index contributed by atoms with van der Waals surface area (Å²) in [5.74, 6) is 3.29. The summed E-state index contributed by atoms with van der Waals surface area (Å²) in [6.45, 7) is 7.36. The van der Waals surface area contributed by atoms with Crippen molar-refractivity contribution in [1.29, 1.82) is 0 Å². The van der Waals surface area contributed by atoms with Crippen molar-refractivity contribution in [2.45, 2.75) is 58.4 Å².